The summed E-state index contributed by atoms with van der Waals surface area (Å²) in [5.74, 6) is -12.2. The van der Waals surface area contributed by atoms with Crippen molar-refractivity contribution in [1.29, 1.82) is 0 Å². The maximum Gasteiger partial charge on any atom is 0.475 e. The Bertz CT molecular complexity index is 2100. The van der Waals surface area contributed by atoms with E-state index < -0.39 is 148 Å². The van der Waals surface area contributed by atoms with Crippen LogP contribution in [-0.4, -0.2) is 143 Å². The van der Waals surface area contributed by atoms with Crippen molar-refractivity contribution in [1.82, 2.24) is 14.9 Å². The zero-order valence-corrected chi connectivity index (χ0v) is 38.3. The fourth-order valence-corrected chi connectivity index (χ4v) is 7.76. The molecular weight excluding hydrogens is 911 g/mol. The number of hydrogen-bond donors (Lipinski definition) is 3. The van der Waals surface area contributed by atoms with Gasteiger partial charge < -0.3 is 58.2 Å². The first-order valence-electron chi connectivity index (χ1n) is 20.1. The molecule has 3 N–H and O–H groups in total. The molecule has 3 heterocycles. The second kappa shape index (κ2) is 24.1. The van der Waals surface area contributed by atoms with Gasteiger partial charge in [0.05, 0.1) is 26.2 Å². The minimum Gasteiger partial charge on any atom is -0.465 e. The topological polar surface area (TPSA) is 351 Å². The van der Waals surface area contributed by atoms with Gasteiger partial charge >= 0.3 is 55.3 Å². The lowest BCUT2D eigenvalue weighted by Crippen LogP contribution is -2.69. The predicted octanol–water partition coefficient (Wildman–Crippen LogP) is -0.212. The molecule has 1 aromatic heterocycles. The molecule has 66 heavy (non-hydrogen) atoms. The Morgan fingerprint density at radius 3 is 2.06 bits per heavy atom. The average Bonchev–Trinajstić information content (AvgIpc) is 3.51. The number of nitrogens with zero attached hydrogens (tertiary/aromatic N) is 2. The molecule has 0 radical (unpaired) electrons. The molecule has 27 nitrogen and oxygen atoms in total. The van der Waals surface area contributed by atoms with Gasteiger partial charge in [-0.15, -0.1) is 0 Å². The van der Waals surface area contributed by atoms with Gasteiger partial charge in [0.2, 0.25) is 11.8 Å². The van der Waals surface area contributed by atoms with Crippen molar-refractivity contribution in [3.8, 4) is 0 Å². The van der Waals surface area contributed by atoms with Gasteiger partial charge in [0, 0.05) is 61.1 Å². The second-order valence-corrected chi connectivity index (χ2v) is 16.0. The number of unbranched alkanes of at least 4 members (excludes halogenated alkanes) is 1. The third-order valence-electron chi connectivity index (χ3n) is 9.17. The minimum absolute atomic E-state index is 0.117. The fraction of sp³-hybridized carbons (Fsp3) is 0.658. The summed E-state index contributed by atoms with van der Waals surface area (Å²) < 4.78 is 74.6. The zero-order chi connectivity index (χ0) is 49.7. The van der Waals surface area contributed by atoms with Gasteiger partial charge in [-0.25, -0.2) is 18.7 Å². The monoisotopic (exact) mass is 964 g/mol. The Hall–Kier alpha value is -5.86. The van der Waals surface area contributed by atoms with Gasteiger partial charge in [-0.1, -0.05) is 13.3 Å². The molecule has 2 saturated heterocycles. The normalized spacial score (nSPS) is 25.3. The number of nitrogens with one attached hydrogen (secondary N) is 2. The second-order valence-electron chi connectivity index (χ2n) is 14.7. The number of aromatic nitrogens is 2. The number of esters is 7. The molecule has 0 spiro atoms. The number of hydrogen-bond acceptors (Lipinski definition) is 23. The minimum atomic E-state index is -5.82. The van der Waals surface area contributed by atoms with E-state index in [1.165, 1.54) is 6.07 Å². The summed E-state index contributed by atoms with van der Waals surface area (Å²) in [7, 11) is -5.02. The maximum atomic E-state index is 14.1. The van der Waals surface area contributed by atoms with Crippen molar-refractivity contribution in [2.45, 2.75) is 142 Å². The van der Waals surface area contributed by atoms with Crippen LogP contribution in [0.4, 0.5) is 5.82 Å². The van der Waals surface area contributed by atoms with Crippen molar-refractivity contribution < 1.29 is 104 Å². The van der Waals surface area contributed by atoms with Gasteiger partial charge in [0.25, 0.3) is 5.79 Å². The van der Waals surface area contributed by atoms with Gasteiger partial charge in [0.15, 0.2) is 30.6 Å². The Kier molecular flexibility index (Phi) is 19.9. The average molecular weight is 965 g/mol. The van der Waals surface area contributed by atoms with Crippen LogP contribution in [0.15, 0.2) is 17.1 Å². The number of carbonyl (C=O) groups is 9. The van der Waals surface area contributed by atoms with E-state index in [4.69, 9.17) is 51.7 Å². The molecule has 2 fully saturated rings. The summed E-state index contributed by atoms with van der Waals surface area (Å²) >= 11 is 0. The van der Waals surface area contributed by atoms with E-state index in [2.05, 4.69) is 15.6 Å². The third-order valence-corrected chi connectivity index (χ3v) is 10.2. The molecule has 0 bridgehead atoms. The molecule has 0 aromatic carbocycles. The highest BCUT2D eigenvalue weighted by atomic mass is 31.2. The Labute approximate surface area is 376 Å². The van der Waals surface area contributed by atoms with Crippen LogP contribution in [0.1, 0.15) is 87.3 Å². The lowest BCUT2D eigenvalue weighted by Gasteiger charge is -2.48. The first-order valence-corrected chi connectivity index (χ1v) is 21.6. The highest BCUT2D eigenvalue weighted by molar-refractivity contribution is 7.47. The van der Waals surface area contributed by atoms with Crippen LogP contribution in [0.3, 0.4) is 0 Å². The zero-order valence-electron chi connectivity index (χ0n) is 37.4. The predicted molar refractivity (Wildman–Crippen MR) is 214 cm³/mol. The van der Waals surface area contributed by atoms with E-state index in [1.807, 2.05) is 0 Å². The van der Waals surface area contributed by atoms with Crippen LogP contribution in [0.25, 0.3) is 0 Å². The summed E-state index contributed by atoms with van der Waals surface area (Å²) in [6.45, 7) is 6.71. The molecule has 0 saturated carbocycles. The Balaban J connectivity index is 2.17. The molecule has 28 heteroatoms. The third kappa shape index (κ3) is 15.6. The lowest BCUT2D eigenvalue weighted by molar-refractivity contribution is -0.293. The molecule has 368 valence electrons. The first kappa shape index (κ1) is 54.5. The standard InChI is InChI=1S/C38H53N4O23P/c1-10-11-12-29(50)41-30-25(58-20(4)45)15-38(36(51)55-9,64-33(30)31(60-22(6)47)26(59-21(5)46)16-56-19(3)44)65-66(53,54)57-17-27-32(61-23(7)48)34(62-24(8)49)35(63-27)42-14-13-28(39-18(2)43)40-37(42)52/h13-14,25-27,30-35H,10-12,15-17H2,1-9H3,(H,41,50)(H,53,54)(H,39,40,43,52)/t25-,26+,27+,30+,31+,32+,33+,34+,35+,38+/m0/s1. The van der Waals surface area contributed by atoms with E-state index in [-0.39, 0.29) is 12.2 Å². The maximum absolute atomic E-state index is 14.1. The van der Waals surface area contributed by atoms with E-state index >= 15 is 0 Å². The molecular formula is C38H53N4O23P. The summed E-state index contributed by atoms with van der Waals surface area (Å²) in [5.41, 5.74) is -1.07. The van der Waals surface area contributed by atoms with Gasteiger partial charge in [-0.2, -0.15) is 4.98 Å². The SMILES string of the molecule is CCCCC(=O)N[C@H]1[C@H]([C@H](OC(C)=O)[C@@H](COC(C)=O)OC(C)=O)O[C@](OP(=O)(O)OC[C@H]2O[C@@H](n3ccc(NC(C)=O)nc3=O)[C@H](OC(C)=O)[C@@H]2OC(C)=O)(C(=O)OC)C[C@@H]1OC(C)=O. The van der Waals surface area contributed by atoms with Crippen molar-refractivity contribution in [3.63, 3.8) is 0 Å². The van der Waals surface area contributed by atoms with Gasteiger partial charge in [-0.05, 0) is 12.5 Å². The van der Waals surface area contributed by atoms with Crippen molar-refractivity contribution >= 4 is 67.2 Å². The van der Waals surface area contributed by atoms with Crippen molar-refractivity contribution in [2.24, 2.45) is 0 Å². The fourth-order valence-electron chi connectivity index (χ4n) is 6.81. The van der Waals surface area contributed by atoms with E-state index in [0.29, 0.717) is 12.8 Å². The number of anilines is 1. The summed E-state index contributed by atoms with van der Waals surface area (Å²) in [5, 5.41) is 4.89. The molecule has 1 aromatic rings. The molecule has 2 aliphatic heterocycles. The number of phosphoric ester groups is 1. The number of carbonyl (C=O) groups excluding carboxylic acids is 9. The lowest BCUT2D eigenvalue weighted by atomic mass is 9.88. The Morgan fingerprint density at radius 1 is 0.909 bits per heavy atom. The highest BCUT2D eigenvalue weighted by Crippen LogP contribution is 2.52. The van der Waals surface area contributed by atoms with E-state index in [9.17, 15) is 57.4 Å². The molecule has 11 atom stereocenters. The van der Waals surface area contributed by atoms with Crippen LogP contribution in [0, 0.1) is 0 Å². The molecule has 2 amide bonds. The molecule has 0 aliphatic carbocycles. The van der Waals surface area contributed by atoms with Crippen molar-refractivity contribution in [3.05, 3.63) is 22.7 Å². The largest absolute Gasteiger partial charge is 0.475 e. The van der Waals surface area contributed by atoms with Gasteiger partial charge in [-0.3, -0.25) is 47.4 Å². The van der Waals surface area contributed by atoms with E-state index in [1.54, 1.807) is 6.92 Å². The van der Waals surface area contributed by atoms with Crippen LogP contribution >= 0.6 is 7.82 Å². The smallest absolute Gasteiger partial charge is 0.465 e. The quantitative estimate of drug-likeness (QED) is 0.0815. The highest BCUT2D eigenvalue weighted by Gasteiger charge is 2.62. The van der Waals surface area contributed by atoms with Crippen LogP contribution in [-0.2, 0) is 99.4 Å². The summed E-state index contributed by atoms with van der Waals surface area (Å²) in [6, 6.07) is -0.475. The molecule has 3 rings (SSSR count). The molecule has 2 aliphatic rings. The van der Waals surface area contributed by atoms with Crippen molar-refractivity contribution in [2.75, 3.05) is 25.6 Å². The van der Waals surface area contributed by atoms with Crippen LogP contribution in [0.2, 0.25) is 0 Å². The number of rotatable bonds is 21. The molecule has 1 unspecified atom stereocenters. The van der Waals surface area contributed by atoms with Gasteiger partial charge in [0.1, 0.15) is 30.7 Å². The summed E-state index contributed by atoms with van der Waals surface area (Å²) in [6.07, 6.45) is -13.6. The van der Waals surface area contributed by atoms with Crippen LogP contribution in [0.5, 0.6) is 0 Å². The van der Waals surface area contributed by atoms with Crippen LogP contribution < -0.4 is 16.3 Å². The number of methoxy groups -OCH3 is 1. The number of ether oxygens (including phenoxy) is 9. The summed E-state index contributed by atoms with van der Waals surface area (Å²) in [4.78, 5) is 141. The number of phosphoric acid groups is 1. The first-order chi connectivity index (χ1) is 30.8. The Morgan fingerprint density at radius 2 is 1.53 bits per heavy atom. The number of amides is 2. The van der Waals surface area contributed by atoms with E-state index in [0.717, 1.165) is 66.3 Å².